The molecule has 140 valence electrons. The predicted molar refractivity (Wildman–Crippen MR) is 92.0 cm³/mol. The number of aliphatic hydroxyl groups excluding tert-OH is 1. The lowest BCUT2D eigenvalue weighted by Crippen LogP contribution is -2.42. The van der Waals surface area contributed by atoms with Gasteiger partial charge >= 0.3 is 0 Å². The number of morpholine rings is 1. The minimum absolute atomic E-state index is 0.238. The summed E-state index contributed by atoms with van der Waals surface area (Å²) in [5.41, 5.74) is 0. The van der Waals surface area contributed by atoms with Crippen LogP contribution in [0.2, 0.25) is 0 Å². The molecular weight excluding hydrogens is 320 g/mol. The number of nitrogens with zero attached hydrogens (tertiary/aromatic N) is 6. The topological polar surface area (TPSA) is 79.5 Å². The zero-order chi connectivity index (χ0) is 17.1. The van der Waals surface area contributed by atoms with Crippen molar-refractivity contribution in [2.75, 3.05) is 39.5 Å². The molecule has 4 rings (SSSR count). The molecule has 0 aromatic carbocycles. The van der Waals surface area contributed by atoms with E-state index in [1.165, 1.54) is 25.7 Å². The molecule has 3 fully saturated rings. The number of tetrazole rings is 1. The normalized spacial score (nSPS) is 29.6. The van der Waals surface area contributed by atoms with Crippen molar-refractivity contribution >= 4 is 0 Å². The Kier molecular flexibility index (Phi) is 5.60. The molecule has 0 spiro atoms. The average Bonchev–Trinajstić information content (AvgIpc) is 3.39. The quantitative estimate of drug-likeness (QED) is 0.798. The van der Waals surface area contributed by atoms with Crippen LogP contribution in [0.5, 0.6) is 0 Å². The summed E-state index contributed by atoms with van der Waals surface area (Å²) in [6.07, 6.45) is 7.15. The molecule has 0 unspecified atom stereocenters. The van der Waals surface area contributed by atoms with Crippen molar-refractivity contribution in [2.45, 2.75) is 63.2 Å². The van der Waals surface area contributed by atoms with E-state index in [4.69, 9.17) is 4.74 Å². The van der Waals surface area contributed by atoms with Crippen LogP contribution in [-0.4, -0.2) is 86.7 Å². The second kappa shape index (κ2) is 8.07. The molecule has 1 saturated carbocycles. The maximum atomic E-state index is 9.84. The standard InChI is InChI=1S/C17H30N6O2/c24-13-15-5-6-16(23(15)14-3-1-2-4-14)17-18-19-20-22(17)8-7-21-9-11-25-12-10-21/h14-16,24H,1-13H2/t15-,16+/m0/s1. The summed E-state index contributed by atoms with van der Waals surface area (Å²) < 4.78 is 7.41. The molecule has 1 N–H and O–H groups in total. The first-order chi connectivity index (χ1) is 12.4. The van der Waals surface area contributed by atoms with Crippen LogP contribution in [0.3, 0.4) is 0 Å². The van der Waals surface area contributed by atoms with E-state index in [0.717, 1.165) is 58.1 Å². The third-order valence-electron chi connectivity index (χ3n) is 6.10. The van der Waals surface area contributed by atoms with E-state index >= 15 is 0 Å². The smallest absolute Gasteiger partial charge is 0.168 e. The first kappa shape index (κ1) is 17.3. The maximum absolute atomic E-state index is 9.84. The molecule has 3 heterocycles. The molecule has 3 aliphatic rings. The van der Waals surface area contributed by atoms with Gasteiger partial charge in [-0.05, 0) is 36.1 Å². The van der Waals surface area contributed by atoms with Gasteiger partial charge in [-0.1, -0.05) is 12.8 Å². The minimum Gasteiger partial charge on any atom is -0.395 e. The van der Waals surface area contributed by atoms with Gasteiger partial charge in [0.2, 0.25) is 0 Å². The van der Waals surface area contributed by atoms with Crippen LogP contribution < -0.4 is 0 Å². The average molecular weight is 350 g/mol. The van der Waals surface area contributed by atoms with E-state index in [1.54, 1.807) is 0 Å². The zero-order valence-electron chi connectivity index (χ0n) is 15.0. The van der Waals surface area contributed by atoms with Gasteiger partial charge in [0.1, 0.15) is 0 Å². The molecule has 8 nitrogen and oxygen atoms in total. The summed E-state index contributed by atoms with van der Waals surface area (Å²) in [6, 6.07) is 1.09. The SMILES string of the molecule is OC[C@@H]1CC[C@H](c2nnnn2CCN2CCOCC2)N1C1CCCC1. The van der Waals surface area contributed by atoms with Crippen LogP contribution >= 0.6 is 0 Å². The van der Waals surface area contributed by atoms with Crippen molar-refractivity contribution in [3.8, 4) is 0 Å². The van der Waals surface area contributed by atoms with Crippen LogP contribution in [0.25, 0.3) is 0 Å². The van der Waals surface area contributed by atoms with E-state index in [9.17, 15) is 5.11 Å². The molecule has 0 amide bonds. The van der Waals surface area contributed by atoms with Crippen molar-refractivity contribution in [2.24, 2.45) is 0 Å². The summed E-state index contributed by atoms with van der Waals surface area (Å²) in [5.74, 6) is 0.983. The molecule has 2 atom stereocenters. The molecule has 25 heavy (non-hydrogen) atoms. The lowest BCUT2D eigenvalue weighted by atomic mass is 10.1. The Hall–Kier alpha value is -1.09. The number of aliphatic hydroxyl groups is 1. The van der Waals surface area contributed by atoms with Gasteiger partial charge in [0.05, 0.1) is 32.4 Å². The summed E-state index contributed by atoms with van der Waals surface area (Å²) in [5, 5.41) is 22.5. The van der Waals surface area contributed by atoms with Crippen molar-refractivity contribution in [3.05, 3.63) is 5.82 Å². The monoisotopic (exact) mass is 350 g/mol. The summed E-state index contributed by atoms with van der Waals surface area (Å²) in [4.78, 5) is 4.94. The number of likely N-dealkylation sites (tertiary alicyclic amines) is 1. The summed E-state index contributed by atoms with van der Waals surface area (Å²) in [6.45, 7) is 5.63. The fourth-order valence-corrected chi connectivity index (χ4v) is 4.78. The number of hydrogen-bond acceptors (Lipinski definition) is 7. The van der Waals surface area contributed by atoms with E-state index in [1.807, 2.05) is 4.68 Å². The highest BCUT2D eigenvalue weighted by Crippen LogP contribution is 2.40. The van der Waals surface area contributed by atoms with Crippen molar-refractivity contribution in [3.63, 3.8) is 0 Å². The van der Waals surface area contributed by atoms with Crippen LogP contribution in [0.15, 0.2) is 0 Å². The van der Waals surface area contributed by atoms with E-state index in [2.05, 4.69) is 25.3 Å². The van der Waals surface area contributed by atoms with Gasteiger partial charge in [0.25, 0.3) is 0 Å². The van der Waals surface area contributed by atoms with Crippen LogP contribution in [-0.2, 0) is 11.3 Å². The largest absolute Gasteiger partial charge is 0.395 e. The molecule has 1 aromatic rings. The number of ether oxygens (including phenoxy) is 1. The van der Waals surface area contributed by atoms with Gasteiger partial charge in [0.15, 0.2) is 5.82 Å². The Morgan fingerprint density at radius 2 is 1.84 bits per heavy atom. The highest BCUT2D eigenvalue weighted by molar-refractivity contribution is 5.03. The van der Waals surface area contributed by atoms with Gasteiger partial charge in [-0.25, -0.2) is 4.68 Å². The van der Waals surface area contributed by atoms with Crippen LogP contribution in [0, 0.1) is 0 Å². The second-order valence-electron chi connectivity index (χ2n) is 7.53. The lowest BCUT2D eigenvalue weighted by Gasteiger charge is -2.34. The lowest BCUT2D eigenvalue weighted by molar-refractivity contribution is 0.0353. The number of aromatic nitrogens is 4. The van der Waals surface area contributed by atoms with Gasteiger partial charge in [-0.3, -0.25) is 9.80 Å². The molecule has 2 saturated heterocycles. The Bertz CT molecular complexity index is 541. The summed E-state index contributed by atoms with van der Waals surface area (Å²) in [7, 11) is 0. The van der Waals surface area contributed by atoms with Crippen LogP contribution in [0.1, 0.15) is 50.4 Å². The van der Waals surface area contributed by atoms with Crippen molar-refractivity contribution in [1.29, 1.82) is 0 Å². The summed E-state index contributed by atoms with van der Waals surface area (Å²) >= 11 is 0. The third-order valence-corrected chi connectivity index (χ3v) is 6.10. The predicted octanol–water partition coefficient (Wildman–Crippen LogP) is 0.446. The Balaban J connectivity index is 1.46. The molecule has 2 aliphatic heterocycles. The number of rotatable bonds is 6. The third kappa shape index (κ3) is 3.72. The van der Waals surface area contributed by atoms with Gasteiger partial charge < -0.3 is 9.84 Å². The van der Waals surface area contributed by atoms with Crippen molar-refractivity contribution in [1.82, 2.24) is 30.0 Å². The van der Waals surface area contributed by atoms with Gasteiger partial charge in [-0.15, -0.1) is 5.10 Å². The maximum Gasteiger partial charge on any atom is 0.168 e. The fraction of sp³-hybridized carbons (Fsp3) is 0.941. The minimum atomic E-state index is 0.238. The van der Waals surface area contributed by atoms with Crippen molar-refractivity contribution < 1.29 is 9.84 Å². The Morgan fingerprint density at radius 1 is 1.04 bits per heavy atom. The van der Waals surface area contributed by atoms with E-state index in [0.29, 0.717) is 6.04 Å². The van der Waals surface area contributed by atoms with E-state index < -0.39 is 0 Å². The molecule has 8 heteroatoms. The van der Waals surface area contributed by atoms with Crippen LogP contribution in [0.4, 0.5) is 0 Å². The Labute approximate surface area is 149 Å². The fourth-order valence-electron chi connectivity index (χ4n) is 4.78. The molecule has 1 aromatic heterocycles. The first-order valence-electron chi connectivity index (χ1n) is 9.81. The molecule has 0 bridgehead atoms. The highest BCUT2D eigenvalue weighted by Gasteiger charge is 2.41. The molecular formula is C17H30N6O2. The van der Waals surface area contributed by atoms with Gasteiger partial charge in [0, 0.05) is 31.7 Å². The number of hydrogen-bond donors (Lipinski definition) is 1. The highest BCUT2D eigenvalue weighted by atomic mass is 16.5. The zero-order valence-corrected chi connectivity index (χ0v) is 15.0. The molecule has 1 aliphatic carbocycles. The first-order valence-corrected chi connectivity index (χ1v) is 9.81. The molecule has 0 radical (unpaired) electrons. The Morgan fingerprint density at radius 3 is 2.60 bits per heavy atom. The van der Waals surface area contributed by atoms with Gasteiger partial charge in [-0.2, -0.15) is 0 Å². The second-order valence-corrected chi connectivity index (χ2v) is 7.53. The van der Waals surface area contributed by atoms with E-state index in [-0.39, 0.29) is 18.7 Å².